The van der Waals surface area contributed by atoms with Gasteiger partial charge in [0.05, 0.1) is 56.9 Å². The Kier molecular flexibility index (Phi) is 32.8. The summed E-state index contributed by atoms with van der Waals surface area (Å²) in [5.74, 6) is -1.90. The zero-order valence-electron chi connectivity index (χ0n) is 66.8. The van der Waals surface area contributed by atoms with Gasteiger partial charge in [-0.3, -0.25) is 43.2 Å². The molecule has 0 aromatic heterocycles. The molecule has 9 aromatic rings. The zero-order valence-corrected chi connectivity index (χ0v) is 66.8. The third-order valence-corrected chi connectivity index (χ3v) is 17.6. The van der Waals surface area contributed by atoms with Gasteiger partial charge in [0.1, 0.15) is 80.8 Å². The Hall–Kier alpha value is -14.4. The molecule has 0 saturated heterocycles. The van der Waals surface area contributed by atoms with Crippen molar-refractivity contribution in [1.82, 2.24) is 14.7 Å². The van der Waals surface area contributed by atoms with Crippen LogP contribution in [0, 0.1) is 17.8 Å². The summed E-state index contributed by atoms with van der Waals surface area (Å²) in [5.41, 5.74) is 23.6. The van der Waals surface area contributed by atoms with E-state index in [0.29, 0.717) is 108 Å². The minimum Gasteiger partial charge on any atom is -0.497 e. The van der Waals surface area contributed by atoms with Crippen LogP contribution in [0.5, 0.6) is 69.0 Å². The monoisotopic (exact) mass is 1580 g/mol. The lowest BCUT2D eigenvalue weighted by atomic mass is 9.98. The van der Waals surface area contributed by atoms with E-state index >= 15 is 0 Å². The molecule has 0 saturated carbocycles. The molecule has 0 aliphatic rings. The third kappa shape index (κ3) is 25.9. The fourth-order valence-corrected chi connectivity index (χ4v) is 11.3. The number of hydrogen-bond acceptors (Lipinski definition) is 20. The zero-order chi connectivity index (χ0) is 84.9. The molecule has 0 aliphatic carbocycles. The molecule has 116 heavy (non-hydrogen) atoms. The Morgan fingerprint density at radius 1 is 0.302 bits per heavy atom. The molecule has 1 unspecified atom stereocenters. The summed E-state index contributed by atoms with van der Waals surface area (Å²) in [4.78, 5) is 113. The number of amides is 6. The van der Waals surface area contributed by atoms with Gasteiger partial charge in [0.2, 0.25) is 17.7 Å². The number of carbonyl (C=O) groups is 9. The molecule has 606 valence electrons. The van der Waals surface area contributed by atoms with Gasteiger partial charge in [-0.25, -0.2) is 0 Å². The molecule has 0 aliphatic heterocycles. The van der Waals surface area contributed by atoms with Crippen molar-refractivity contribution in [2.45, 2.75) is 19.3 Å². The molecule has 6 amide bonds. The van der Waals surface area contributed by atoms with E-state index in [-0.39, 0.29) is 37.0 Å². The molecule has 9 rings (SSSR count). The van der Waals surface area contributed by atoms with Gasteiger partial charge in [-0.15, -0.1) is 0 Å². The van der Waals surface area contributed by atoms with Gasteiger partial charge in [-0.2, -0.15) is 0 Å². The largest absolute Gasteiger partial charge is 0.497 e. The Morgan fingerprint density at radius 2 is 0.509 bits per heavy atom. The minimum atomic E-state index is -1.29. The Morgan fingerprint density at radius 3 is 0.698 bits per heavy atom. The van der Waals surface area contributed by atoms with Gasteiger partial charge in [-0.05, 0) is 197 Å². The second kappa shape index (κ2) is 42.9. The molecule has 0 spiro atoms. The average Bonchev–Trinajstić information content (AvgIpc) is 0.830. The number of ether oxygens (including phenoxy) is 11. The summed E-state index contributed by atoms with van der Waals surface area (Å²) in [6.45, 7) is 0. The lowest BCUT2D eigenvalue weighted by molar-refractivity contribution is -0.159. The number of hydrogen-bond donors (Lipinski definition) is 4. The maximum Gasteiger partial charge on any atom is 0.320 e. The lowest BCUT2D eigenvalue weighted by Gasteiger charge is -2.15. The van der Waals surface area contributed by atoms with Crippen LogP contribution in [-0.2, 0) is 71.9 Å². The normalized spacial score (nSPS) is 11.3. The first-order valence-corrected chi connectivity index (χ1v) is 35.8. The lowest BCUT2D eigenvalue weighted by Crippen LogP contribution is -2.36. The van der Waals surface area contributed by atoms with E-state index in [1.54, 1.807) is 255 Å². The minimum absolute atomic E-state index is 0.00613. The summed E-state index contributed by atoms with van der Waals surface area (Å²) < 4.78 is 59.3. The van der Waals surface area contributed by atoms with E-state index < -0.39 is 53.4 Å². The van der Waals surface area contributed by atoms with Crippen LogP contribution in [0.3, 0.4) is 0 Å². The van der Waals surface area contributed by atoms with Crippen LogP contribution in [0.4, 0.5) is 0 Å². The third-order valence-electron chi connectivity index (χ3n) is 17.6. The fourth-order valence-electron chi connectivity index (χ4n) is 11.3. The number of aliphatic carboxylic acids is 1. The molecule has 0 heterocycles. The van der Waals surface area contributed by atoms with Gasteiger partial charge >= 0.3 is 17.9 Å². The van der Waals surface area contributed by atoms with E-state index in [4.69, 9.17) is 74.4 Å². The van der Waals surface area contributed by atoms with Crippen LogP contribution in [0.2, 0.25) is 0 Å². The van der Waals surface area contributed by atoms with E-state index in [0.717, 1.165) is 27.8 Å². The van der Waals surface area contributed by atoms with Crippen molar-refractivity contribution >= 4 is 88.3 Å². The van der Waals surface area contributed by atoms with Crippen LogP contribution >= 0.6 is 0 Å². The summed E-state index contributed by atoms with van der Waals surface area (Å²) in [6.07, 6.45) is 5.61. The molecule has 9 aromatic carbocycles. The topological polar surface area (TPSA) is 363 Å². The first-order chi connectivity index (χ1) is 55.4. The highest BCUT2D eigenvalue weighted by Crippen LogP contribution is 2.35. The number of carboxylic acid groups (broad SMARTS) is 1. The summed E-state index contributed by atoms with van der Waals surface area (Å²) in [5, 5.41) is 9.15. The van der Waals surface area contributed by atoms with Gasteiger partial charge in [0.15, 0.2) is 5.92 Å². The average molecular weight is 1580 g/mol. The van der Waals surface area contributed by atoms with Crippen LogP contribution in [0.15, 0.2) is 200 Å². The number of carboxylic acids is 1. The molecule has 0 fully saturated rings. The summed E-state index contributed by atoms with van der Waals surface area (Å²) >= 11 is 0. The number of carbonyl (C=O) groups excluding carboxylic acids is 8. The van der Waals surface area contributed by atoms with Crippen molar-refractivity contribution in [3.8, 4) is 69.0 Å². The van der Waals surface area contributed by atoms with Crippen molar-refractivity contribution in [3.05, 3.63) is 250 Å². The molecule has 1 atom stereocenters. The number of rotatable bonds is 33. The highest BCUT2D eigenvalue weighted by atomic mass is 16.5. The number of nitrogens with two attached hydrogens (primary N) is 3. The van der Waals surface area contributed by atoms with Crippen LogP contribution in [0.25, 0.3) is 34.9 Å². The van der Waals surface area contributed by atoms with Gasteiger partial charge in [0.25, 0.3) is 17.7 Å². The number of benzene rings is 9. The molecule has 0 radical (unpaired) electrons. The smallest absolute Gasteiger partial charge is 0.320 e. The quantitative estimate of drug-likeness (QED) is 0.0128. The van der Waals surface area contributed by atoms with Crippen LogP contribution < -0.4 is 59.8 Å². The van der Waals surface area contributed by atoms with E-state index in [2.05, 4.69) is 0 Å². The molecule has 27 nitrogen and oxygen atoms in total. The van der Waals surface area contributed by atoms with Crippen molar-refractivity contribution in [2.75, 3.05) is 99.2 Å². The summed E-state index contributed by atoms with van der Waals surface area (Å²) in [6, 6.07) is 58.3. The van der Waals surface area contributed by atoms with Crippen molar-refractivity contribution in [1.29, 1.82) is 0 Å². The van der Waals surface area contributed by atoms with Crippen LogP contribution in [-0.4, -0.2) is 172 Å². The predicted molar refractivity (Wildman–Crippen MR) is 438 cm³/mol. The van der Waals surface area contributed by atoms with Gasteiger partial charge < -0.3 is 89.1 Å². The van der Waals surface area contributed by atoms with Crippen LogP contribution in [0.1, 0.15) is 50.1 Å². The standard InChI is InChI=1S/C31H33NO8.C29H31N3O6.C29H30N2O7/c1-32(2)29(33)27(18-21-15-25(36-3)19-26(16-21)37-4)22-9-13-24(14-10-22)40-23-11-7-20(8-12-23)17-28(30(34)38-5)31(35)39-6;1-32(2)29(35)25(16-19-13-23(36-3)17-24(14-19)37-4)20-7-11-22(12-8-20)38-21-9-5-18(6-10-21)15-26(27(30)33)28(31)34;1-31(2)28(33)25(16-19-13-23(36-3)17-24(14-19)37-4)20-7-11-22(12-8-20)38-21-9-5-18(6-10-21)15-26(27(30)32)29(34)35/h7-16,18-19,28H,17H2,1-6H3;5-14,16-17,26H,15H2,1-4H3,(H2,30,33)(H2,31,34);5-14,16-17,26H,15H2,1-4H3,(H2,30,32)(H,34,35)/b27-18+;2*25-16+. The maximum atomic E-state index is 13.1. The molecule has 0 bridgehead atoms. The van der Waals surface area contributed by atoms with E-state index in [1.165, 1.54) is 28.9 Å². The van der Waals surface area contributed by atoms with E-state index in [1.807, 2.05) is 48.5 Å². The SMILES string of the molecule is COC(=O)C(Cc1ccc(Oc2ccc(/C(=C\c3cc(OC)cc(OC)c3)C(=O)N(C)C)cc2)cc1)C(=O)OC.COc1cc(/C=C(/C(=O)N(C)C)c2ccc(Oc3ccc(CC(C(N)=O)C(=O)O)cc3)cc2)cc(OC)c1.COc1cc(/C=C(/C(=O)N(C)C)c2ccc(Oc3ccc(CC(C(N)=O)C(N)=O)cc3)cc2)cc(OC)c1. The molecule has 7 N–H and O–H groups in total. The van der Waals surface area contributed by atoms with Gasteiger partial charge in [-0.1, -0.05) is 72.8 Å². The highest BCUT2D eigenvalue weighted by molar-refractivity contribution is 6.25. The number of primary amides is 3. The number of nitrogens with zero attached hydrogens (tertiary/aromatic N) is 3. The predicted octanol–water partition coefficient (Wildman–Crippen LogP) is 11.7. The second-order valence-electron chi connectivity index (χ2n) is 26.4. The van der Waals surface area contributed by atoms with Gasteiger partial charge in [0, 0.05) is 77.2 Å². The summed E-state index contributed by atoms with van der Waals surface area (Å²) in [7, 11) is 22.0. The number of esters is 2. The number of likely N-dealkylation sites (N-methyl/N-ethyl adjacent to an activating group) is 3. The maximum absolute atomic E-state index is 13.1. The Labute approximate surface area is 672 Å². The molecule has 27 heteroatoms. The highest BCUT2D eigenvalue weighted by Gasteiger charge is 2.30. The van der Waals surface area contributed by atoms with E-state index in [9.17, 15) is 43.2 Å². The molecular formula is C89H94N6O21. The first kappa shape index (κ1) is 88.8. The number of methoxy groups -OCH3 is 8. The van der Waals surface area contributed by atoms with Crippen molar-refractivity contribution in [2.24, 2.45) is 35.0 Å². The Balaban J connectivity index is 0.000000241. The fraction of sp³-hybridized carbons (Fsp3) is 0.225. The Bertz CT molecular complexity index is 4700. The van der Waals surface area contributed by atoms with Crippen molar-refractivity contribution < 1.29 is 100 Å². The second-order valence-corrected chi connectivity index (χ2v) is 26.4. The first-order valence-electron chi connectivity index (χ1n) is 35.8. The molecular weight excluding hydrogens is 1490 g/mol. The van der Waals surface area contributed by atoms with Crippen molar-refractivity contribution in [3.63, 3.8) is 0 Å².